The summed E-state index contributed by atoms with van der Waals surface area (Å²) in [5.41, 5.74) is 5.98. The van der Waals surface area contributed by atoms with E-state index < -0.39 is 0 Å². The molecule has 0 saturated carbocycles. The SMILES string of the molecule is CC(C)NC(=O)CC(CN)N1CC2CCCCN2CC1C. The number of rotatable bonds is 5. The lowest BCUT2D eigenvalue weighted by molar-refractivity contribution is -0.123. The summed E-state index contributed by atoms with van der Waals surface area (Å²) in [6.45, 7) is 10.3. The fourth-order valence-electron chi connectivity index (χ4n) is 3.81. The number of nitrogens with two attached hydrogens (primary N) is 1. The van der Waals surface area contributed by atoms with Crippen molar-refractivity contribution in [2.45, 2.75) is 70.6 Å². The zero-order chi connectivity index (χ0) is 15.4. The van der Waals surface area contributed by atoms with Gasteiger partial charge in [0.1, 0.15) is 0 Å². The van der Waals surface area contributed by atoms with Gasteiger partial charge in [0.05, 0.1) is 0 Å². The van der Waals surface area contributed by atoms with E-state index in [1.54, 1.807) is 0 Å². The van der Waals surface area contributed by atoms with Gasteiger partial charge in [-0.25, -0.2) is 0 Å². The molecule has 3 unspecified atom stereocenters. The Kier molecular flexibility index (Phi) is 6.02. The minimum atomic E-state index is 0.124. The molecule has 0 bridgehead atoms. The molecule has 0 spiro atoms. The first-order valence-electron chi connectivity index (χ1n) is 8.50. The normalized spacial score (nSPS) is 29.2. The minimum absolute atomic E-state index is 0.124. The van der Waals surface area contributed by atoms with E-state index >= 15 is 0 Å². The molecule has 2 aliphatic heterocycles. The highest BCUT2D eigenvalue weighted by Gasteiger charge is 2.36. The maximum absolute atomic E-state index is 12.1. The predicted molar refractivity (Wildman–Crippen MR) is 86.1 cm³/mol. The van der Waals surface area contributed by atoms with Crippen LogP contribution < -0.4 is 11.1 Å². The molecule has 2 aliphatic rings. The standard InChI is InChI=1S/C16H32N4O/c1-12(2)18-16(21)8-15(9-17)20-11-14-6-4-5-7-19(14)10-13(20)3/h12-15H,4-11,17H2,1-3H3,(H,18,21). The molecular weight excluding hydrogens is 264 g/mol. The number of piperazine rings is 1. The highest BCUT2D eigenvalue weighted by atomic mass is 16.1. The third-order valence-electron chi connectivity index (χ3n) is 4.85. The van der Waals surface area contributed by atoms with Crippen molar-refractivity contribution in [3.05, 3.63) is 0 Å². The number of hydrogen-bond acceptors (Lipinski definition) is 4. The smallest absolute Gasteiger partial charge is 0.221 e. The van der Waals surface area contributed by atoms with Crippen LogP contribution in [0.4, 0.5) is 0 Å². The Morgan fingerprint density at radius 1 is 1.33 bits per heavy atom. The van der Waals surface area contributed by atoms with Gasteiger partial charge in [-0.3, -0.25) is 14.6 Å². The third-order valence-corrected chi connectivity index (χ3v) is 4.85. The van der Waals surface area contributed by atoms with Crippen molar-refractivity contribution >= 4 is 5.91 Å². The van der Waals surface area contributed by atoms with Crippen molar-refractivity contribution in [3.8, 4) is 0 Å². The van der Waals surface area contributed by atoms with Crippen molar-refractivity contribution in [3.63, 3.8) is 0 Å². The second-order valence-electron chi connectivity index (χ2n) is 7.01. The lowest BCUT2D eigenvalue weighted by Crippen LogP contribution is -2.62. The van der Waals surface area contributed by atoms with E-state index in [0.717, 1.165) is 13.1 Å². The van der Waals surface area contributed by atoms with E-state index in [1.165, 1.54) is 25.8 Å². The monoisotopic (exact) mass is 296 g/mol. The van der Waals surface area contributed by atoms with Crippen LogP contribution in [0.5, 0.6) is 0 Å². The summed E-state index contributed by atoms with van der Waals surface area (Å²) < 4.78 is 0. The van der Waals surface area contributed by atoms with E-state index in [1.807, 2.05) is 13.8 Å². The first-order chi connectivity index (χ1) is 10.0. The summed E-state index contributed by atoms with van der Waals surface area (Å²) in [5, 5.41) is 2.99. The first kappa shape index (κ1) is 16.7. The second kappa shape index (κ2) is 7.56. The molecule has 1 amide bonds. The van der Waals surface area contributed by atoms with Crippen molar-refractivity contribution in [1.82, 2.24) is 15.1 Å². The van der Waals surface area contributed by atoms with Crippen LogP contribution in [0, 0.1) is 0 Å². The molecule has 2 rings (SSSR count). The van der Waals surface area contributed by atoms with E-state index in [9.17, 15) is 4.79 Å². The summed E-state index contributed by atoms with van der Waals surface area (Å²) in [5.74, 6) is 0.124. The molecule has 0 radical (unpaired) electrons. The fraction of sp³-hybridized carbons (Fsp3) is 0.938. The van der Waals surface area contributed by atoms with Crippen LogP contribution in [0.1, 0.15) is 46.5 Å². The van der Waals surface area contributed by atoms with Crippen LogP contribution in [-0.2, 0) is 4.79 Å². The van der Waals surface area contributed by atoms with Crippen LogP contribution in [0.3, 0.4) is 0 Å². The molecule has 2 fully saturated rings. The quantitative estimate of drug-likeness (QED) is 0.787. The summed E-state index contributed by atoms with van der Waals surface area (Å²) in [4.78, 5) is 17.2. The maximum Gasteiger partial charge on any atom is 0.221 e. The van der Waals surface area contributed by atoms with Crippen LogP contribution in [0.25, 0.3) is 0 Å². The van der Waals surface area contributed by atoms with Gasteiger partial charge in [0.25, 0.3) is 0 Å². The van der Waals surface area contributed by atoms with E-state index in [0.29, 0.717) is 25.0 Å². The van der Waals surface area contributed by atoms with Crippen molar-refractivity contribution in [1.29, 1.82) is 0 Å². The lowest BCUT2D eigenvalue weighted by atomic mass is 9.95. The number of fused-ring (bicyclic) bond motifs is 1. The van der Waals surface area contributed by atoms with Crippen molar-refractivity contribution < 1.29 is 4.79 Å². The second-order valence-corrected chi connectivity index (χ2v) is 7.01. The number of nitrogens with one attached hydrogen (secondary N) is 1. The Hall–Kier alpha value is -0.650. The van der Waals surface area contributed by atoms with Gasteiger partial charge in [0.2, 0.25) is 5.91 Å². The molecule has 3 atom stereocenters. The zero-order valence-electron chi connectivity index (χ0n) is 13.8. The summed E-state index contributed by atoms with van der Waals surface area (Å²) in [6.07, 6.45) is 4.48. The summed E-state index contributed by atoms with van der Waals surface area (Å²) in [6, 6.07) is 1.52. The Morgan fingerprint density at radius 2 is 2.10 bits per heavy atom. The first-order valence-corrected chi connectivity index (χ1v) is 8.50. The average Bonchev–Trinajstić information content (AvgIpc) is 2.43. The van der Waals surface area contributed by atoms with Crippen LogP contribution in [0.15, 0.2) is 0 Å². The zero-order valence-corrected chi connectivity index (χ0v) is 13.8. The molecule has 0 aromatic rings. The number of amides is 1. The summed E-state index contributed by atoms with van der Waals surface area (Å²) in [7, 11) is 0. The Bertz CT molecular complexity index is 347. The number of carbonyl (C=O) groups is 1. The number of nitrogens with zero attached hydrogens (tertiary/aromatic N) is 2. The molecule has 0 aromatic heterocycles. The molecular formula is C16H32N4O. The van der Waals surface area contributed by atoms with Gasteiger partial charge in [0, 0.05) is 50.2 Å². The molecule has 3 N–H and O–H groups in total. The summed E-state index contributed by atoms with van der Waals surface area (Å²) >= 11 is 0. The Balaban J connectivity index is 1.95. The van der Waals surface area contributed by atoms with E-state index in [-0.39, 0.29) is 18.0 Å². The van der Waals surface area contributed by atoms with Crippen LogP contribution in [-0.4, -0.2) is 66.1 Å². The predicted octanol–water partition coefficient (Wildman–Crippen LogP) is 0.787. The van der Waals surface area contributed by atoms with E-state index in [2.05, 4.69) is 22.0 Å². The Morgan fingerprint density at radius 3 is 2.76 bits per heavy atom. The molecule has 21 heavy (non-hydrogen) atoms. The van der Waals surface area contributed by atoms with Crippen molar-refractivity contribution in [2.75, 3.05) is 26.2 Å². The van der Waals surface area contributed by atoms with E-state index in [4.69, 9.17) is 5.73 Å². The topological polar surface area (TPSA) is 61.6 Å². The van der Waals surface area contributed by atoms with Gasteiger partial charge in [-0.15, -0.1) is 0 Å². The molecule has 0 aromatic carbocycles. The maximum atomic E-state index is 12.1. The number of piperidine rings is 1. The number of carbonyl (C=O) groups excluding carboxylic acids is 1. The highest BCUT2D eigenvalue weighted by Crippen LogP contribution is 2.25. The largest absolute Gasteiger partial charge is 0.354 e. The fourth-order valence-corrected chi connectivity index (χ4v) is 3.81. The van der Waals surface area contributed by atoms with Gasteiger partial charge in [-0.2, -0.15) is 0 Å². The van der Waals surface area contributed by atoms with Gasteiger partial charge >= 0.3 is 0 Å². The van der Waals surface area contributed by atoms with Gasteiger partial charge in [0.15, 0.2) is 0 Å². The number of hydrogen-bond donors (Lipinski definition) is 2. The van der Waals surface area contributed by atoms with Gasteiger partial charge < -0.3 is 11.1 Å². The molecule has 5 heteroatoms. The van der Waals surface area contributed by atoms with Crippen LogP contribution in [0.2, 0.25) is 0 Å². The average molecular weight is 296 g/mol. The molecule has 2 saturated heterocycles. The van der Waals surface area contributed by atoms with Gasteiger partial charge in [-0.05, 0) is 40.2 Å². The van der Waals surface area contributed by atoms with Gasteiger partial charge in [-0.1, -0.05) is 6.42 Å². The molecule has 5 nitrogen and oxygen atoms in total. The van der Waals surface area contributed by atoms with Crippen molar-refractivity contribution in [2.24, 2.45) is 5.73 Å². The Labute approximate surface area is 129 Å². The van der Waals surface area contributed by atoms with Crippen LogP contribution >= 0.6 is 0 Å². The lowest BCUT2D eigenvalue weighted by Gasteiger charge is -2.49. The minimum Gasteiger partial charge on any atom is -0.354 e. The molecule has 0 aliphatic carbocycles. The molecule has 122 valence electrons. The molecule has 2 heterocycles. The highest BCUT2D eigenvalue weighted by molar-refractivity contribution is 5.76. The third kappa shape index (κ3) is 4.41.